The van der Waals surface area contributed by atoms with E-state index in [4.69, 9.17) is 9.36 Å². The quantitative estimate of drug-likeness (QED) is 0.550. The predicted octanol–water partition coefficient (Wildman–Crippen LogP) is 3.93. The van der Waals surface area contributed by atoms with Crippen molar-refractivity contribution in [2.24, 2.45) is 5.16 Å². The Hall–Kier alpha value is -3.00. The van der Waals surface area contributed by atoms with Crippen molar-refractivity contribution in [2.75, 3.05) is 0 Å². The van der Waals surface area contributed by atoms with Crippen molar-refractivity contribution in [2.45, 2.75) is 26.4 Å². The third kappa shape index (κ3) is 2.41. The molecule has 4 heterocycles. The van der Waals surface area contributed by atoms with Gasteiger partial charge in [-0.25, -0.2) is 4.98 Å². The van der Waals surface area contributed by atoms with Crippen LogP contribution in [0.4, 0.5) is 0 Å². The van der Waals surface area contributed by atoms with E-state index < -0.39 is 0 Å². The van der Waals surface area contributed by atoms with Crippen molar-refractivity contribution in [1.29, 1.82) is 0 Å². The molecule has 0 saturated heterocycles. The minimum atomic E-state index is -0.121. The Labute approximate surface area is 152 Å². The molecule has 0 radical (unpaired) electrons. The van der Waals surface area contributed by atoms with E-state index in [-0.39, 0.29) is 6.10 Å². The lowest BCUT2D eigenvalue weighted by molar-refractivity contribution is 0.0857. The summed E-state index contributed by atoms with van der Waals surface area (Å²) in [5, 5.41) is 8.29. The Bertz CT molecular complexity index is 1130. The van der Waals surface area contributed by atoms with Gasteiger partial charge in [-0.3, -0.25) is 4.40 Å². The Morgan fingerprint density at radius 1 is 1.15 bits per heavy atom. The van der Waals surface area contributed by atoms with E-state index in [1.165, 1.54) is 4.88 Å². The molecule has 0 amide bonds. The fourth-order valence-corrected chi connectivity index (χ4v) is 3.99. The lowest BCUT2D eigenvalue weighted by Gasteiger charge is -2.06. The fourth-order valence-electron chi connectivity index (χ4n) is 3.12. The molecule has 0 bridgehead atoms. The topological polar surface area (TPSA) is 77.8 Å². The molecule has 130 valence electrons. The summed E-state index contributed by atoms with van der Waals surface area (Å²) in [6.45, 7) is 4.00. The number of rotatable bonds is 3. The number of thiazole rings is 1. The highest BCUT2D eigenvalue weighted by atomic mass is 32.1. The molecule has 1 aliphatic heterocycles. The number of aromatic nitrogens is 4. The van der Waals surface area contributed by atoms with Crippen molar-refractivity contribution in [3.05, 3.63) is 58.6 Å². The normalized spacial score (nSPS) is 16.8. The van der Waals surface area contributed by atoms with Crippen molar-refractivity contribution in [3.8, 4) is 11.5 Å². The second-order valence-electron chi connectivity index (χ2n) is 6.21. The first-order chi connectivity index (χ1) is 12.7. The molecule has 26 heavy (non-hydrogen) atoms. The lowest BCUT2D eigenvalue weighted by Crippen LogP contribution is -2.02. The number of imidazole rings is 1. The molecule has 4 aromatic rings. The molecular formula is C18H15N5O2S. The minimum absolute atomic E-state index is 0.121. The maximum Gasteiger partial charge on any atom is 0.276 e. The van der Waals surface area contributed by atoms with Gasteiger partial charge in [0.1, 0.15) is 11.4 Å². The summed E-state index contributed by atoms with van der Waals surface area (Å²) in [5.41, 5.74) is 3.46. The third-order valence-electron chi connectivity index (χ3n) is 4.34. The van der Waals surface area contributed by atoms with Gasteiger partial charge < -0.3 is 9.36 Å². The molecule has 8 heteroatoms. The van der Waals surface area contributed by atoms with Gasteiger partial charge in [0.05, 0.1) is 5.69 Å². The van der Waals surface area contributed by atoms with E-state index >= 15 is 0 Å². The van der Waals surface area contributed by atoms with Crippen LogP contribution in [0.15, 0.2) is 46.2 Å². The average molecular weight is 365 g/mol. The highest BCUT2D eigenvalue weighted by Gasteiger charge is 2.28. The first-order valence-corrected chi connectivity index (χ1v) is 9.08. The van der Waals surface area contributed by atoms with E-state index in [1.54, 1.807) is 11.3 Å². The molecule has 1 aliphatic rings. The van der Waals surface area contributed by atoms with E-state index in [0.29, 0.717) is 23.8 Å². The number of oxime groups is 1. The standard InChI is InChI=1S/C18H15N5O2S/c1-10-9-23-15(11(2)19-18(23)26-10)16-20-17(25-22-16)13-8-14(24-21-13)12-6-4-3-5-7-12/h3-7,9,14H,8H2,1-2H3. The van der Waals surface area contributed by atoms with Crippen LogP contribution in [0.25, 0.3) is 16.5 Å². The van der Waals surface area contributed by atoms with Crippen molar-refractivity contribution in [3.63, 3.8) is 0 Å². The summed E-state index contributed by atoms with van der Waals surface area (Å²) in [6, 6.07) is 9.99. The van der Waals surface area contributed by atoms with Crippen LogP contribution in [0.3, 0.4) is 0 Å². The van der Waals surface area contributed by atoms with Gasteiger partial charge in [-0.15, -0.1) is 11.3 Å². The highest BCUT2D eigenvalue weighted by Crippen LogP contribution is 2.31. The maximum atomic E-state index is 5.55. The van der Waals surface area contributed by atoms with Crippen molar-refractivity contribution < 1.29 is 9.36 Å². The van der Waals surface area contributed by atoms with Crippen LogP contribution >= 0.6 is 11.3 Å². The molecular weight excluding hydrogens is 350 g/mol. The van der Waals surface area contributed by atoms with Crippen molar-refractivity contribution >= 4 is 22.0 Å². The number of hydrogen-bond donors (Lipinski definition) is 0. The van der Waals surface area contributed by atoms with Crippen LogP contribution in [0.5, 0.6) is 0 Å². The van der Waals surface area contributed by atoms with E-state index in [0.717, 1.165) is 21.9 Å². The largest absolute Gasteiger partial charge is 0.387 e. The third-order valence-corrected chi connectivity index (χ3v) is 5.24. The van der Waals surface area contributed by atoms with Crippen LogP contribution in [-0.2, 0) is 4.84 Å². The Kier molecular flexibility index (Phi) is 3.39. The molecule has 7 nitrogen and oxygen atoms in total. The predicted molar refractivity (Wildman–Crippen MR) is 97.3 cm³/mol. The number of benzene rings is 1. The zero-order valence-corrected chi connectivity index (χ0v) is 15.0. The second-order valence-corrected chi connectivity index (χ2v) is 7.42. The maximum absolute atomic E-state index is 5.55. The second kappa shape index (κ2) is 5.77. The summed E-state index contributed by atoms with van der Waals surface area (Å²) in [4.78, 5) is 16.8. The summed E-state index contributed by atoms with van der Waals surface area (Å²) < 4.78 is 7.46. The number of nitrogens with zero attached hydrogens (tertiary/aromatic N) is 5. The van der Waals surface area contributed by atoms with Crippen LogP contribution < -0.4 is 0 Å². The molecule has 0 aliphatic carbocycles. The van der Waals surface area contributed by atoms with Gasteiger partial charge in [-0.2, -0.15) is 4.98 Å². The van der Waals surface area contributed by atoms with Gasteiger partial charge in [0.25, 0.3) is 5.89 Å². The molecule has 0 spiro atoms. The number of hydrogen-bond acceptors (Lipinski definition) is 7. The van der Waals surface area contributed by atoms with Gasteiger partial charge in [0, 0.05) is 17.5 Å². The average Bonchev–Trinajstić information content (AvgIpc) is 3.39. The van der Waals surface area contributed by atoms with Gasteiger partial charge in [0.2, 0.25) is 5.82 Å². The molecule has 3 aromatic heterocycles. The number of fused-ring (bicyclic) bond motifs is 1. The van der Waals surface area contributed by atoms with Crippen LogP contribution in [-0.4, -0.2) is 25.2 Å². The lowest BCUT2D eigenvalue weighted by atomic mass is 10.0. The SMILES string of the molecule is Cc1cn2c(-c3noc(C4=NOC(c5ccccc5)C4)n3)c(C)nc2s1. The smallest absolute Gasteiger partial charge is 0.276 e. The zero-order valence-electron chi connectivity index (χ0n) is 14.2. The van der Waals surface area contributed by atoms with Gasteiger partial charge in [-0.05, 0) is 19.4 Å². The molecule has 5 rings (SSSR count). The fraction of sp³-hybridized carbons (Fsp3) is 0.222. The van der Waals surface area contributed by atoms with Gasteiger partial charge in [-0.1, -0.05) is 40.6 Å². The summed E-state index contributed by atoms with van der Waals surface area (Å²) in [7, 11) is 0. The molecule has 0 N–H and O–H groups in total. The van der Waals surface area contributed by atoms with E-state index in [2.05, 4.69) is 27.2 Å². The summed E-state index contributed by atoms with van der Waals surface area (Å²) >= 11 is 1.63. The molecule has 0 fully saturated rings. The zero-order chi connectivity index (χ0) is 17.7. The van der Waals surface area contributed by atoms with Crippen LogP contribution in [0, 0.1) is 13.8 Å². The first-order valence-electron chi connectivity index (χ1n) is 8.26. The van der Waals surface area contributed by atoms with Crippen LogP contribution in [0.2, 0.25) is 0 Å². The van der Waals surface area contributed by atoms with Gasteiger partial charge in [0.15, 0.2) is 11.1 Å². The van der Waals surface area contributed by atoms with Gasteiger partial charge >= 0.3 is 0 Å². The molecule has 1 atom stereocenters. The molecule has 1 aromatic carbocycles. The number of aryl methyl sites for hydroxylation is 2. The van der Waals surface area contributed by atoms with Crippen LogP contribution in [0.1, 0.15) is 34.6 Å². The molecule has 1 unspecified atom stereocenters. The van der Waals surface area contributed by atoms with E-state index in [1.807, 2.05) is 47.9 Å². The van der Waals surface area contributed by atoms with Crippen molar-refractivity contribution in [1.82, 2.24) is 19.5 Å². The summed E-state index contributed by atoms with van der Waals surface area (Å²) in [5.74, 6) is 0.897. The Morgan fingerprint density at radius 3 is 2.85 bits per heavy atom. The molecule has 0 saturated carbocycles. The Balaban J connectivity index is 1.45. The monoisotopic (exact) mass is 365 g/mol. The van der Waals surface area contributed by atoms with E-state index in [9.17, 15) is 0 Å². The first kappa shape index (κ1) is 15.3. The summed E-state index contributed by atoms with van der Waals surface area (Å²) in [6.07, 6.45) is 2.52. The minimum Gasteiger partial charge on any atom is -0.387 e. The Morgan fingerprint density at radius 2 is 2.00 bits per heavy atom. The highest BCUT2D eigenvalue weighted by molar-refractivity contribution is 7.17.